The van der Waals surface area contributed by atoms with Gasteiger partial charge in [-0.05, 0) is 24.1 Å². The van der Waals surface area contributed by atoms with Crippen molar-refractivity contribution in [2.45, 2.75) is 25.1 Å². The van der Waals surface area contributed by atoms with Crippen LogP contribution in [0.4, 0.5) is 8.78 Å². The van der Waals surface area contributed by atoms with E-state index in [0.717, 1.165) is 11.8 Å². The maximum atomic E-state index is 13.4. The SMILES string of the molecule is O[C@@H]1C[C@H](c2ccc(F)c(F)c2)N(Cc2ccon2)C1. The van der Waals surface area contributed by atoms with Crippen molar-refractivity contribution in [2.24, 2.45) is 0 Å². The van der Waals surface area contributed by atoms with E-state index in [1.165, 1.54) is 12.3 Å². The highest BCUT2D eigenvalue weighted by atomic mass is 19.2. The van der Waals surface area contributed by atoms with E-state index < -0.39 is 17.7 Å². The Kier molecular flexibility index (Phi) is 3.50. The fourth-order valence-electron chi connectivity index (χ4n) is 2.65. The van der Waals surface area contributed by atoms with Gasteiger partial charge in [0.25, 0.3) is 0 Å². The summed E-state index contributed by atoms with van der Waals surface area (Å²) < 4.78 is 31.1. The van der Waals surface area contributed by atoms with E-state index in [0.29, 0.717) is 25.1 Å². The zero-order valence-corrected chi connectivity index (χ0v) is 10.7. The Hall–Kier alpha value is -1.79. The number of halogens is 2. The third kappa shape index (κ3) is 2.57. The van der Waals surface area contributed by atoms with Crippen molar-refractivity contribution < 1.29 is 18.4 Å². The lowest BCUT2D eigenvalue weighted by atomic mass is 10.0. The molecule has 1 saturated heterocycles. The minimum absolute atomic E-state index is 0.156. The van der Waals surface area contributed by atoms with Crippen molar-refractivity contribution in [3.63, 3.8) is 0 Å². The highest BCUT2D eigenvalue weighted by Gasteiger charge is 2.32. The van der Waals surface area contributed by atoms with Gasteiger partial charge >= 0.3 is 0 Å². The van der Waals surface area contributed by atoms with Gasteiger partial charge in [0.1, 0.15) is 6.26 Å². The topological polar surface area (TPSA) is 49.5 Å². The van der Waals surface area contributed by atoms with Crippen LogP contribution < -0.4 is 0 Å². The Morgan fingerprint density at radius 3 is 2.85 bits per heavy atom. The molecule has 2 heterocycles. The summed E-state index contributed by atoms with van der Waals surface area (Å²) in [5, 5.41) is 13.7. The van der Waals surface area contributed by atoms with Crippen LogP contribution in [0.2, 0.25) is 0 Å². The third-order valence-electron chi connectivity index (χ3n) is 3.57. The molecule has 3 rings (SSSR count). The van der Waals surface area contributed by atoms with Crippen LogP contribution >= 0.6 is 0 Å². The second kappa shape index (κ2) is 5.30. The summed E-state index contributed by atoms with van der Waals surface area (Å²) in [7, 11) is 0. The van der Waals surface area contributed by atoms with E-state index in [9.17, 15) is 13.9 Å². The molecule has 0 amide bonds. The number of hydrogen-bond donors (Lipinski definition) is 1. The lowest BCUT2D eigenvalue weighted by molar-refractivity contribution is 0.171. The van der Waals surface area contributed by atoms with Gasteiger partial charge < -0.3 is 9.63 Å². The van der Waals surface area contributed by atoms with Crippen molar-refractivity contribution in [2.75, 3.05) is 6.54 Å². The van der Waals surface area contributed by atoms with Crippen molar-refractivity contribution in [1.82, 2.24) is 10.1 Å². The van der Waals surface area contributed by atoms with Gasteiger partial charge in [0, 0.05) is 25.2 Å². The van der Waals surface area contributed by atoms with E-state index in [4.69, 9.17) is 4.52 Å². The molecule has 0 unspecified atom stereocenters. The molecule has 6 heteroatoms. The molecule has 2 aromatic rings. The quantitative estimate of drug-likeness (QED) is 0.937. The van der Waals surface area contributed by atoms with E-state index >= 15 is 0 Å². The first kappa shape index (κ1) is 13.2. The molecular formula is C14H14F2N2O2. The minimum Gasteiger partial charge on any atom is -0.392 e. The lowest BCUT2D eigenvalue weighted by Gasteiger charge is -2.23. The zero-order chi connectivity index (χ0) is 14.1. The summed E-state index contributed by atoms with van der Waals surface area (Å²) in [5.74, 6) is -1.74. The van der Waals surface area contributed by atoms with Crippen LogP contribution in [0.1, 0.15) is 23.7 Å². The third-order valence-corrected chi connectivity index (χ3v) is 3.57. The molecule has 2 atom stereocenters. The molecule has 1 aromatic heterocycles. The van der Waals surface area contributed by atoms with E-state index in [-0.39, 0.29) is 6.04 Å². The first-order chi connectivity index (χ1) is 9.63. The Morgan fingerprint density at radius 2 is 2.15 bits per heavy atom. The molecule has 1 N–H and O–H groups in total. The van der Waals surface area contributed by atoms with Crippen LogP contribution in [0.15, 0.2) is 35.1 Å². The van der Waals surface area contributed by atoms with E-state index in [2.05, 4.69) is 5.16 Å². The van der Waals surface area contributed by atoms with Crippen LogP contribution in [0, 0.1) is 11.6 Å². The Labute approximate surface area is 114 Å². The van der Waals surface area contributed by atoms with Gasteiger partial charge in [-0.2, -0.15) is 0 Å². The van der Waals surface area contributed by atoms with Gasteiger partial charge in [-0.25, -0.2) is 8.78 Å². The molecular weight excluding hydrogens is 266 g/mol. The number of benzene rings is 1. The van der Waals surface area contributed by atoms with Crippen molar-refractivity contribution in [3.05, 3.63) is 53.4 Å². The van der Waals surface area contributed by atoms with Gasteiger partial charge in [-0.15, -0.1) is 0 Å². The second-order valence-corrected chi connectivity index (χ2v) is 5.00. The maximum absolute atomic E-state index is 13.4. The highest BCUT2D eigenvalue weighted by molar-refractivity contribution is 5.23. The molecule has 106 valence electrons. The molecule has 1 aliphatic heterocycles. The average Bonchev–Trinajstić information content (AvgIpc) is 3.03. The van der Waals surface area contributed by atoms with Crippen molar-refractivity contribution in [3.8, 4) is 0 Å². The summed E-state index contributed by atoms with van der Waals surface area (Å²) in [5.41, 5.74) is 1.40. The number of β-amino-alcohol motifs (C(OH)–C–C–N with tert-alkyl or cyclic N) is 1. The number of hydrogen-bond acceptors (Lipinski definition) is 4. The van der Waals surface area contributed by atoms with Crippen molar-refractivity contribution in [1.29, 1.82) is 0 Å². The normalized spacial score (nSPS) is 23.4. The molecule has 0 spiro atoms. The summed E-state index contributed by atoms with van der Waals surface area (Å²) >= 11 is 0. The molecule has 0 radical (unpaired) electrons. The first-order valence-electron chi connectivity index (χ1n) is 6.40. The molecule has 0 saturated carbocycles. The van der Waals surface area contributed by atoms with Crippen LogP contribution in [-0.4, -0.2) is 27.8 Å². The summed E-state index contributed by atoms with van der Waals surface area (Å²) in [6, 6.07) is 5.44. The predicted octanol–water partition coefficient (Wildman–Crippen LogP) is 2.26. The smallest absolute Gasteiger partial charge is 0.159 e. The van der Waals surface area contributed by atoms with Crippen LogP contribution in [0.25, 0.3) is 0 Å². The number of likely N-dealkylation sites (tertiary alicyclic amines) is 1. The largest absolute Gasteiger partial charge is 0.392 e. The van der Waals surface area contributed by atoms with E-state index in [1.54, 1.807) is 12.1 Å². The first-order valence-corrected chi connectivity index (χ1v) is 6.40. The molecule has 4 nitrogen and oxygen atoms in total. The van der Waals surface area contributed by atoms with Crippen LogP contribution in [0.3, 0.4) is 0 Å². The number of aromatic nitrogens is 1. The minimum atomic E-state index is -0.870. The molecule has 20 heavy (non-hydrogen) atoms. The van der Waals surface area contributed by atoms with Gasteiger partial charge in [0.05, 0.1) is 11.8 Å². The predicted molar refractivity (Wildman–Crippen MR) is 66.6 cm³/mol. The number of rotatable bonds is 3. The second-order valence-electron chi connectivity index (χ2n) is 5.00. The zero-order valence-electron chi connectivity index (χ0n) is 10.7. The van der Waals surface area contributed by atoms with Gasteiger partial charge in [0.15, 0.2) is 11.6 Å². The van der Waals surface area contributed by atoms with Gasteiger partial charge in [-0.3, -0.25) is 4.90 Å². The lowest BCUT2D eigenvalue weighted by Crippen LogP contribution is -2.24. The summed E-state index contributed by atoms with van der Waals surface area (Å²) in [6.07, 6.45) is 1.48. The molecule has 1 aromatic carbocycles. The maximum Gasteiger partial charge on any atom is 0.159 e. The molecule has 0 bridgehead atoms. The fourth-order valence-corrected chi connectivity index (χ4v) is 2.65. The summed E-state index contributed by atoms with van der Waals surface area (Å²) in [6.45, 7) is 0.966. The fraction of sp³-hybridized carbons (Fsp3) is 0.357. The Bertz CT molecular complexity index is 589. The number of aliphatic hydroxyl groups is 1. The van der Waals surface area contributed by atoms with E-state index in [1.807, 2.05) is 4.90 Å². The molecule has 1 fully saturated rings. The Balaban J connectivity index is 1.83. The Morgan fingerprint density at radius 1 is 1.30 bits per heavy atom. The number of nitrogens with zero attached hydrogens (tertiary/aromatic N) is 2. The van der Waals surface area contributed by atoms with Crippen molar-refractivity contribution >= 4 is 0 Å². The number of aliphatic hydroxyl groups excluding tert-OH is 1. The van der Waals surface area contributed by atoms with Crippen LogP contribution in [-0.2, 0) is 6.54 Å². The highest BCUT2D eigenvalue weighted by Crippen LogP contribution is 2.33. The summed E-state index contributed by atoms with van der Waals surface area (Å²) in [4.78, 5) is 1.98. The standard InChI is InChI=1S/C14H14F2N2O2/c15-12-2-1-9(5-13(12)16)14-6-11(19)8-18(14)7-10-3-4-20-17-10/h1-5,11,14,19H,6-8H2/t11-,14-/m1/s1. The molecule has 0 aliphatic carbocycles. The molecule has 1 aliphatic rings. The average molecular weight is 280 g/mol. The van der Waals surface area contributed by atoms with Gasteiger partial charge in [-0.1, -0.05) is 11.2 Å². The monoisotopic (exact) mass is 280 g/mol. The van der Waals surface area contributed by atoms with Gasteiger partial charge in [0.2, 0.25) is 0 Å². The van der Waals surface area contributed by atoms with Crippen LogP contribution in [0.5, 0.6) is 0 Å².